The lowest BCUT2D eigenvalue weighted by atomic mass is 10.2. The van der Waals surface area contributed by atoms with Crippen molar-refractivity contribution in [1.82, 2.24) is 0 Å². The molecule has 0 radical (unpaired) electrons. The zero-order chi connectivity index (χ0) is 12.4. The van der Waals surface area contributed by atoms with Gasteiger partial charge in [-0.05, 0) is 30.7 Å². The van der Waals surface area contributed by atoms with Crippen molar-refractivity contribution >= 4 is 17.5 Å². The van der Waals surface area contributed by atoms with Crippen molar-refractivity contribution in [2.75, 3.05) is 5.32 Å². The van der Waals surface area contributed by atoms with Crippen LogP contribution in [0.4, 0.5) is 16.0 Å². The lowest BCUT2D eigenvalue weighted by Crippen LogP contribution is -1.94. The largest absolute Gasteiger partial charge is 0.475 e. The summed E-state index contributed by atoms with van der Waals surface area (Å²) in [5.41, 5.74) is 1.13. The number of rotatable bonds is 3. The van der Waals surface area contributed by atoms with Crippen LogP contribution in [0.25, 0.3) is 0 Å². The van der Waals surface area contributed by atoms with E-state index in [4.69, 9.17) is 9.52 Å². The van der Waals surface area contributed by atoms with E-state index in [2.05, 4.69) is 5.32 Å². The number of aryl methyl sites for hydroxylation is 1. The highest BCUT2D eigenvalue weighted by molar-refractivity contribution is 5.85. The van der Waals surface area contributed by atoms with Gasteiger partial charge < -0.3 is 14.8 Å². The highest BCUT2D eigenvalue weighted by atomic mass is 19.1. The summed E-state index contributed by atoms with van der Waals surface area (Å²) in [6.07, 6.45) is 0. The van der Waals surface area contributed by atoms with Crippen LogP contribution in [-0.4, -0.2) is 11.1 Å². The first-order valence-corrected chi connectivity index (χ1v) is 4.92. The van der Waals surface area contributed by atoms with Crippen LogP contribution in [0.3, 0.4) is 0 Å². The molecule has 88 valence electrons. The second-order valence-electron chi connectivity index (χ2n) is 3.58. The van der Waals surface area contributed by atoms with Crippen LogP contribution in [-0.2, 0) is 0 Å². The Morgan fingerprint density at radius 1 is 1.35 bits per heavy atom. The summed E-state index contributed by atoms with van der Waals surface area (Å²) in [4.78, 5) is 10.6. The van der Waals surface area contributed by atoms with E-state index < -0.39 is 11.8 Å². The zero-order valence-electron chi connectivity index (χ0n) is 9.03. The maximum absolute atomic E-state index is 13.4. The van der Waals surface area contributed by atoms with Crippen molar-refractivity contribution in [2.45, 2.75) is 6.92 Å². The lowest BCUT2D eigenvalue weighted by Gasteiger charge is -2.05. The van der Waals surface area contributed by atoms with E-state index in [0.29, 0.717) is 0 Å². The number of benzene rings is 1. The second-order valence-corrected chi connectivity index (χ2v) is 3.58. The number of hydrogen-bond acceptors (Lipinski definition) is 3. The Labute approximate surface area is 96.7 Å². The molecule has 0 aliphatic carbocycles. The number of carboxylic acids is 1. The fourth-order valence-corrected chi connectivity index (χ4v) is 1.39. The Morgan fingerprint density at radius 2 is 2.12 bits per heavy atom. The Kier molecular flexibility index (Phi) is 2.82. The third-order valence-electron chi connectivity index (χ3n) is 2.20. The van der Waals surface area contributed by atoms with Crippen LogP contribution in [0, 0.1) is 12.7 Å². The van der Waals surface area contributed by atoms with Gasteiger partial charge in [0.25, 0.3) is 0 Å². The molecule has 1 aromatic heterocycles. The third kappa shape index (κ3) is 2.44. The van der Waals surface area contributed by atoms with Crippen LogP contribution in [0.15, 0.2) is 34.7 Å². The average Bonchev–Trinajstić information content (AvgIpc) is 2.72. The van der Waals surface area contributed by atoms with Crippen molar-refractivity contribution in [3.63, 3.8) is 0 Å². The minimum atomic E-state index is -1.16. The van der Waals surface area contributed by atoms with E-state index in [0.717, 1.165) is 5.56 Å². The zero-order valence-corrected chi connectivity index (χ0v) is 9.03. The number of carboxylic acid groups (broad SMARTS) is 1. The van der Waals surface area contributed by atoms with Gasteiger partial charge in [-0.15, -0.1) is 0 Å². The molecular weight excluding hydrogens is 225 g/mol. The molecule has 5 heteroatoms. The van der Waals surface area contributed by atoms with Gasteiger partial charge >= 0.3 is 5.97 Å². The third-order valence-corrected chi connectivity index (χ3v) is 2.20. The fourth-order valence-electron chi connectivity index (χ4n) is 1.39. The number of hydrogen-bond donors (Lipinski definition) is 2. The van der Waals surface area contributed by atoms with Gasteiger partial charge in [-0.1, -0.05) is 6.07 Å². The van der Waals surface area contributed by atoms with E-state index in [1.807, 2.05) is 6.92 Å². The molecule has 0 spiro atoms. The summed E-state index contributed by atoms with van der Waals surface area (Å²) in [5.74, 6) is -1.60. The molecule has 0 amide bonds. The molecule has 2 rings (SSSR count). The molecule has 0 aliphatic rings. The van der Waals surface area contributed by atoms with Gasteiger partial charge in [0.05, 0.1) is 5.69 Å². The number of halogens is 1. The number of nitrogens with one attached hydrogen (secondary N) is 1. The van der Waals surface area contributed by atoms with Gasteiger partial charge in [0.1, 0.15) is 5.82 Å². The van der Waals surface area contributed by atoms with E-state index in [9.17, 15) is 9.18 Å². The van der Waals surface area contributed by atoms with Crippen molar-refractivity contribution in [3.8, 4) is 0 Å². The highest BCUT2D eigenvalue weighted by Gasteiger charge is 2.10. The molecule has 0 fully saturated rings. The highest BCUT2D eigenvalue weighted by Crippen LogP contribution is 2.22. The van der Waals surface area contributed by atoms with Crippen LogP contribution in [0.2, 0.25) is 0 Å². The van der Waals surface area contributed by atoms with E-state index >= 15 is 0 Å². The molecule has 2 N–H and O–H groups in total. The van der Waals surface area contributed by atoms with Crippen molar-refractivity contribution in [2.24, 2.45) is 0 Å². The molecule has 0 saturated heterocycles. The number of aromatic carboxylic acids is 1. The first-order valence-electron chi connectivity index (χ1n) is 4.92. The van der Waals surface area contributed by atoms with Gasteiger partial charge in [0, 0.05) is 6.07 Å². The number of carbonyl (C=O) groups is 1. The summed E-state index contributed by atoms with van der Waals surface area (Å²) in [5, 5.41) is 11.4. The molecule has 4 nitrogen and oxygen atoms in total. The van der Waals surface area contributed by atoms with Gasteiger partial charge in [0.2, 0.25) is 5.76 Å². The van der Waals surface area contributed by atoms with Crippen molar-refractivity contribution in [3.05, 3.63) is 47.5 Å². The molecule has 0 saturated carbocycles. The van der Waals surface area contributed by atoms with E-state index in [1.54, 1.807) is 12.1 Å². The first kappa shape index (κ1) is 11.2. The quantitative estimate of drug-likeness (QED) is 0.857. The first-order chi connectivity index (χ1) is 8.06. The maximum atomic E-state index is 13.4. The van der Waals surface area contributed by atoms with E-state index in [1.165, 1.54) is 18.2 Å². The molecular formula is C12H10FNO3. The summed E-state index contributed by atoms with van der Waals surface area (Å²) in [6.45, 7) is 1.83. The molecule has 0 unspecified atom stereocenters. The second kappa shape index (κ2) is 4.29. The summed E-state index contributed by atoms with van der Waals surface area (Å²) >= 11 is 0. The van der Waals surface area contributed by atoms with Crippen LogP contribution in [0.5, 0.6) is 0 Å². The van der Waals surface area contributed by atoms with Crippen molar-refractivity contribution < 1.29 is 18.7 Å². The smallest absolute Gasteiger partial charge is 0.371 e. The lowest BCUT2D eigenvalue weighted by molar-refractivity contribution is 0.0663. The Morgan fingerprint density at radius 3 is 2.76 bits per heavy atom. The van der Waals surface area contributed by atoms with Gasteiger partial charge in [-0.3, -0.25) is 0 Å². The predicted molar refractivity (Wildman–Crippen MR) is 60.1 cm³/mol. The summed E-state index contributed by atoms with van der Waals surface area (Å²) < 4.78 is 18.4. The minimum absolute atomic E-state index is 0.187. The maximum Gasteiger partial charge on any atom is 0.371 e. The number of anilines is 2. The Balaban J connectivity index is 2.25. The topological polar surface area (TPSA) is 62.5 Å². The van der Waals surface area contributed by atoms with Gasteiger partial charge in [0.15, 0.2) is 5.88 Å². The predicted octanol–water partition coefficient (Wildman–Crippen LogP) is 3.17. The molecule has 0 aliphatic heterocycles. The fraction of sp³-hybridized carbons (Fsp3) is 0.0833. The van der Waals surface area contributed by atoms with Gasteiger partial charge in [-0.2, -0.15) is 0 Å². The molecule has 0 atom stereocenters. The normalized spacial score (nSPS) is 10.2. The minimum Gasteiger partial charge on any atom is -0.475 e. The molecule has 1 heterocycles. The van der Waals surface area contributed by atoms with Crippen LogP contribution in [0.1, 0.15) is 16.1 Å². The standard InChI is InChI=1S/C12H10FNO3/c1-7-2-3-8(13)9(6-7)14-11-5-4-10(17-11)12(15)16/h2-6,14H,1H3,(H,15,16). The summed E-state index contributed by atoms with van der Waals surface area (Å²) in [7, 11) is 0. The molecule has 1 aromatic carbocycles. The Bertz CT molecular complexity index is 563. The van der Waals surface area contributed by atoms with Crippen LogP contribution >= 0.6 is 0 Å². The Hall–Kier alpha value is -2.30. The van der Waals surface area contributed by atoms with Crippen molar-refractivity contribution in [1.29, 1.82) is 0 Å². The van der Waals surface area contributed by atoms with E-state index in [-0.39, 0.29) is 17.3 Å². The molecule has 0 bridgehead atoms. The molecule has 2 aromatic rings. The number of furan rings is 1. The SMILES string of the molecule is Cc1ccc(F)c(Nc2ccc(C(=O)O)o2)c1. The monoisotopic (exact) mass is 235 g/mol. The van der Waals surface area contributed by atoms with Crippen LogP contribution < -0.4 is 5.32 Å². The summed E-state index contributed by atoms with van der Waals surface area (Å²) in [6, 6.07) is 7.33. The molecule has 17 heavy (non-hydrogen) atoms. The average molecular weight is 235 g/mol. The van der Waals surface area contributed by atoms with Gasteiger partial charge in [-0.25, -0.2) is 9.18 Å².